The average molecular weight is 478 g/mol. The van der Waals surface area contributed by atoms with Crippen molar-refractivity contribution in [2.75, 3.05) is 31.1 Å². The molecule has 2 fully saturated rings. The van der Waals surface area contributed by atoms with Gasteiger partial charge in [-0.05, 0) is 57.1 Å². The van der Waals surface area contributed by atoms with Crippen molar-refractivity contribution in [2.45, 2.75) is 52.5 Å². The van der Waals surface area contributed by atoms with Crippen LogP contribution in [-0.4, -0.2) is 63.5 Å². The summed E-state index contributed by atoms with van der Waals surface area (Å²) in [7, 11) is 1.83. The molecule has 5 rings (SSSR count). The van der Waals surface area contributed by atoms with E-state index in [4.69, 9.17) is 0 Å². The molecule has 2 aliphatic heterocycles. The van der Waals surface area contributed by atoms with Gasteiger partial charge in [0.15, 0.2) is 0 Å². The first-order chi connectivity index (χ1) is 16.9. The van der Waals surface area contributed by atoms with E-state index in [0.717, 1.165) is 49.3 Å². The lowest BCUT2D eigenvalue weighted by Crippen LogP contribution is -2.44. The van der Waals surface area contributed by atoms with Gasteiger partial charge in [0.05, 0.1) is 29.1 Å². The number of carbonyl (C=O) groups is 3. The maximum absolute atomic E-state index is 13.4. The van der Waals surface area contributed by atoms with Gasteiger partial charge >= 0.3 is 0 Å². The third-order valence-electron chi connectivity index (χ3n) is 7.59. The first kappa shape index (κ1) is 23.6. The van der Waals surface area contributed by atoms with E-state index in [9.17, 15) is 14.4 Å². The summed E-state index contributed by atoms with van der Waals surface area (Å²) in [5.41, 5.74) is 3.44. The maximum atomic E-state index is 13.4. The molecule has 0 bridgehead atoms. The third kappa shape index (κ3) is 4.58. The number of aryl methyl sites for hydroxylation is 2. The van der Waals surface area contributed by atoms with E-state index in [1.165, 1.54) is 17.7 Å². The molecule has 0 atom stereocenters. The molecule has 3 aliphatic rings. The Labute approximate surface area is 206 Å². The maximum Gasteiger partial charge on any atom is 0.263 e. The molecule has 2 aromatic rings. The monoisotopic (exact) mass is 477 g/mol. The van der Waals surface area contributed by atoms with Gasteiger partial charge in [-0.3, -0.25) is 24.0 Å². The Kier molecular flexibility index (Phi) is 6.38. The van der Waals surface area contributed by atoms with Crippen molar-refractivity contribution in [3.63, 3.8) is 0 Å². The van der Waals surface area contributed by atoms with E-state index < -0.39 is 0 Å². The van der Waals surface area contributed by atoms with Gasteiger partial charge in [-0.1, -0.05) is 13.0 Å². The number of piperidine rings is 1. The van der Waals surface area contributed by atoms with Crippen molar-refractivity contribution in [3.8, 4) is 0 Å². The molecule has 186 valence electrons. The number of benzene rings is 1. The Morgan fingerprint density at radius 1 is 1.11 bits per heavy atom. The second-order valence-electron chi connectivity index (χ2n) is 10.3. The molecule has 3 heterocycles. The molecule has 8 nitrogen and oxygen atoms in total. The Bertz CT molecular complexity index is 1140. The molecule has 0 spiro atoms. The lowest BCUT2D eigenvalue weighted by Gasteiger charge is -2.36. The van der Waals surface area contributed by atoms with Gasteiger partial charge in [-0.2, -0.15) is 5.10 Å². The highest BCUT2D eigenvalue weighted by atomic mass is 16.2. The summed E-state index contributed by atoms with van der Waals surface area (Å²) >= 11 is 0. The summed E-state index contributed by atoms with van der Waals surface area (Å²) in [6, 6.07) is 5.53. The normalized spacial score (nSPS) is 18.4. The van der Waals surface area contributed by atoms with Crippen molar-refractivity contribution in [3.05, 3.63) is 46.8 Å². The van der Waals surface area contributed by atoms with Crippen molar-refractivity contribution < 1.29 is 14.4 Å². The zero-order valence-electron chi connectivity index (χ0n) is 21.0. The van der Waals surface area contributed by atoms with Gasteiger partial charge in [0.2, 0.25) is 5.91 Å². The molecule has 1 aromatic carbocycles. The molecule has 1 aromatic heterocycles. The Morgan fingerprint density at radius 2 is 1.86 bits per heavy atom. The van der Waals surface area contributed by atoms with Gasteiger partial charge in [-0.25, -0.2) is 0 Å². The van der Waals surface area contributed by atoms with Crippen LogP contribution < -0.4 is 4.90 Å². The number of fused-ring (bicyclic) bond motifs is 1. The minimum absolute atomic E-state index is 0.0377. The van der Waals surface area contributed by atoms with Crippen LogP contribution in [0.5, 0.6) is 0 Å². The largest absolute Gasteiger partial charge is 0.371 e. The molecule has 0 unspecified atom stereocenters. The lowest BCUT2D eigenvalue weighted by molar-refractivity contribution is -0.136. The number of hydrogen-bond acceptors (Lipinski definition) is 5. The molecule has 1 saturated carbocycles. The highest BCUT2D eigenvalue weighted by Crippen LogP contribution is 2.35. The van der Waals surface area contributed by atoms with Crippen LogP contribution in [0.2, 0.25) is 0 Å². The fourth-order valence-corrected chi connectivity index (χ4v) is 5.50. The van der Waals surface area contributed by atoms with E-state index in [-0.39, 0.29) is 24.3 Å². The number of anilines is 1. The summed E-state index contributed by atoms with van der Waals surface area (Å²) in [6.45, 7) is 7.39. The fraction of sp³-hybridized carbons (Fsp3) is 0.556. The van der Waals surface area contributed by atoms with Crippen LogP contribution in [-0.2, 0) is 18.4 Å². The molecular weight excluding hydrogens is 442 g/mol. The zero-order chi connectivity index (χ0) is 24.7. The number of carbonyl (C=O) groups excluding carboxylic acids is 3. The standard InChI is InChI=1S/C27H35N5O3/c1-4-12-31(15-19-8-9-19)25(33)20-10-13-30(14-11-20)23-7-5-6-22-24(23)27(35)32(26(22)34)17-21-16-29(3)28-18(21)2/h5-7,16,19-20H,4,8-15,17H2,1-3H3. The van der Waals surface area contributed by atoms with Crippen LogP contribution >= 0.6 is 0 Å². The molecule has 8 heteroatoms. The van der Waals surface area contributed by atoms with Crippen LogP contribution in [0, 0.1) is 18.8 Å². The van der Waals surface area contributed by atoms with Crippen LogP contribution in [0.25, 0.3) is 0 Å². The highest BCUT2D eigenvalue weighted by molar-refractivity contribution is 6.23. The summed E-state index contributed by atoms with van der Waals surface area (Å²) in [5.74, 6) is 0.521. The SMILES string of the molecule is CCCN(CC1CC1)C(=O)C1CCN(c2cccc3c2C(=O)N(Cc2cn(C)nc2C)C3=O)CC1. The molecule has 35 heavy (non-hydrogen) atoms. The first-order valence-electron chi connectivity index (χ1n) is 12.9. The van der Waals surface area contributed by atoms with Gasteiger partial charge in [-0.15, -0.1) is 0 Å². The van der Waals surface area contributed by atoms with Crippen molar-refractivity contribution in [2.24, 2.45) is 18.9 Å². The van der Waals surface area contributed by atoms with Crippen LogP contribution in [0.1, 0.15) is 71.0 Å². The van der Waals surface area contributed by atoms with E-state index >= 15 is 0 Å². The highest BCUT2D eigenvalue weighted by Gasteiger charge is 2.40. The van der Waals surface area contributed by atoms with Crippen LogP contribution in [0.3, 0.4) is 0 Å². The molecule has 0 radical (unpaired) electrons. The summed E-state index contributed by atoms with van der Waals surface area (Å²) < 4.78 is 1.70. The molecule has 0 N–H and O–H groups in total. The molecule has 1 saturated heterocycles. The predicted molar refractivity (Wildman–Crippen MR) is 133 cm³/mol. The summed E-state index contributed by atoms with van der Waals surface area (Å²) in [5, 5.41) is 4.34. The molecule has 1 aliphatic carbocycles. The minimum Gasteiger partial charge on any atom is -0.371 e. The minimum atomic E-state index is -0.254. The Morgan fingerprint density at radius 3 is 2.49 bits per heavy atom. The van der Waals surface area contributed by atoms with E-state index in [1.807, 2.05) is 32.3 Å². The van der Waals surface area contributed by atoms with Crippen molar-refractivity contribution >= 4 is 23.4 Å². The number of rotatable bonds is 8. The topological polar surface area (TPSA) is 78.8 Å². The summed E-state index contributed by atoms with van der Waals surface area (Å²) in [6.07, 6.45) is 6.87. The first-order valence-corrected chi connectivity index (χ1v) is 12.9. The quantitative estimate of drug-likeness (QED) is 0.545. The van der Waals surface area contributed by atoms with Gasteiger partial charge < -0.3 is 9.80 Å². The third-order valence-corrected chi connectivity index (χ3v) is 7.59. The van der Waals surface area contributed by atoms with Crippen molar-refractivity contribution in [1.29, 1.82) is 0 Å². The Hall–Kier alpha value is -3.16. The van der Waals surface area contributed by atoms with E-state index in [1.54, 1.807) is 10.7 Å². The lowest BCUT2D eigenvalue weighted by atomic mass is 9.93. The van der Waals surface area contributed by atoms with Crippen LogP contribution in [0.15, 0.2) is 24.4 Å². The second kappa shape index (κ2) is 9.47. The molecule has 3 amide bonds. The zero-order valence-corrected chi connectivity index (χ0v) is 21.0. The number of amides is 3. The fourth-order valence-electron chi connectivity index (χ4n) is 5.50. The predicted octanol–water partition coefficient (Wildman–Crippen LogP) is 3.39. The molecular formula is C27H35N5O3. The van der Waals surface area contributed by atoms with E-state index in [2.05, 4.69) is 21.8 Å². The number of nitrogens with zero attached hydrogens (tertiary/aromatic N) is 5. The Balaban J connectivity index is 1.29. The number of aromatic nitrogens is 2. The summed E-state index contributed by atoms with van der Waals surface area (Å²) in [4.78, 5) is 45.4. The van der Waals surface area contributed by atoms with Crippen LogP contribution in [0.4, 0.5) is 5.69 Å². The number of imide groups is 1. The van der Waals surface area contributed by atoms with Gasteiger partial charge in [0.1, 0.15) is 0 Å². The van der Waals surface area contributed by atoms with Gasteiger partial charge in [0.25, 0.3) is 11.8 Å². The second-order valence-corrected chi connectivity index (χ2v) is 10.3. The number of hydrogen-bond donors (Lipinski definition) is 0. The van der Waals surface area contributed by atoms with E-state index in [0.29, 0.717) is 36.0 Å². The van der Waals surface area contributed by atoms with Crippen molar-refractivity contribution in [1.82, 2.24) is 19.6 Å². The average Bonchev–Trinajstić information content (AvgIpc) is 3.57. The van der Waals surface area contributed by atoms with Gasteiger partial charge in [0, 0.05) is 50.9 Å². The smallest absolute Gasteiger partial charge is 0.263 e.